The lowest BCUT2D eigenvalue weighted by atomic mass is 9.81. The number of aromatic nitrogens is 3. The van der Waals surface area contributed by atoms with Gasteiger partial charge >= 0.3 is 0 Å². The molecule has 0 saturated carbocycles. The molecule has 0 aromatic carbocycles. The van der Waals surface area contributed by atoms with E-state index in [0.717, 1.165) is 49.4 Å². The minimum atomic E-state index is -2.66. The molecule has 5 unspecified atom stereocenters. The zero-order valence-electron chi connectivity index (χ0n) is 25.6. The molecular weight excluding hydrogens is 571 g/mol. The number of alkyl halides is 3. The molecule has 2 aromatic rings. The number of ether oxygens (including phenoxy) is 1. The van der Waals surface area contributed by atoms with Gasteiger partial charge in [0.25, 0.3) is 6.43 Å². The summed E-state index contributed by atoms with van der Waals surface area (Å²) >= 11 is 0. The number of piperidine rings is 1. The lowest BCUT2D eigenvalue weighted by Crippen LogP contribution is -2.69. The van der Waals surface area contributed by atoms with Crippen LogP contribution in [0.1, 0.15) is 67.6 Å². The molecule has 5 aliphatic rings. The Kier molecular flexibility index (Phi) is 7.63. The van der Waals surface area contributed by atoms with E-state index in [-0.39, 0.29) is 30.3 Å². The fourth-order valence-corrected chi connectivity index (χ4v) is 8.50. The van der Waals surface area contributed by atoms with Gasteiger partial charge in [-0.05, 0) is 51.2 Å². The van der Waals surface area contributed by atoms with Gasteiger partial charge in [-0.2, -0.15) is 5.10 Å². The second-order valence-electron chi connectivity index (χ2n) is 13.1. The van der Waals surface area contributed by atoms with Crippen LogP contribution in [-0.2, 0) is 21.6 Å². The first kappa shape index (κ1) is 29.6. The zero-order valence-corrected chi connectivity index (χ0v) is 25.6. The largest absolute Gasteiger partial charge is 0.366 e. The third-order valence-electron chi connectivity index (χ3n) is 10.8. The second kappa shape index (κ2) is 11.3. The second-order valence-corrected chi connectivity index (χ2v) is 13.1. The van der Waals surface area contributed by atoms with Crippen molar-refractivity contribution in [2.75, 3.05) is 62.3 Å². The predicted octanol–water partition coefficient (Wildman–Crippen LogP) is 4.17. The van der Waals surface area contributed by atoms with Crippen LogP contribution in [0.15, 0.2) is 24.9 Å². The van der Waals surface area contributed by atoms with Gasteiger partial charge in [-0.15, -0.1) is 0 Å². The van der Waals surface area contributed by atoms with Crippen molar-refractivity contribution in [1.29, 1.82) is 0 Å². The van der Waals surface area contributed by atoms with Crippen LogP contribution < -0.4 is 9.80 Å². The van der Waals surface area contributed by atoms with E-state index in [2.05, 4.69) is 38.3 Å². The maximum Gasteiger partial charge on any atom is 0.280 e. The molecule has 0 bridgehead atoms. The number of nitrogens with zero attached hydrogens (tertiary/aromatic N) is 7. The zero-order chi connectivity index (χ0) is 30.7. The normalized spacial score (nSPS) is 30.5. The maximum atomic E-state index is 14.6. The highest BCUT2D eigenvalue weighted by molar-refractivity contribution is 5.87. The molecule has 3 saturated heterocycles. The molecule has 1 amide bonds. The van der Waals surface area contributed by atoms with Crippen molar-refractivity contribution in [3.63, 3.8) is 0 Å². The van der Waals surface area contributed by atoms with Gasteiger partial charge in [-0.1, -0.05) is 6.58 Å². The number of fused-ring (bicyclic) bond motifs is 5. The van der Waals surface area contributed by atoms with Gasteiger partial charge < -0.3 is 19.4 Å². The summed E-state index contributed by atoms with van der Waals surface area (Å²) in [7, 11) is 0. The Morgan fingerprint density at radius 3 is 2.70 bits per heavy atom. The molecule has 1 spiro atoms. The number of hydrogen-bond acceptors (Lipinski definition) is 7. The summed E-state index contributed by atoms with van der Waals surface area (Å²) in [6, 6.07) is 2.17. The van der Waals surface area contributed by atoms with Gasteiger partial charge in [-0.3, -0.25) is 14.4 Å². The van der Waals surface area contributed by atoms with Crippen molar-refractivity contribution in [2.24, 2.45) is 0 Å². The van der Waals surface area contributed by atoms with E-state index in [4.69, 9.17) is 4.74 Å². The summed E-state index contributed by atoms with van der Waals surface area (Å²) in [6.45, 7) is 11.8. The number of amides is 1. The molecule has 7 rings (SSSR count). The molecule has 0 N–H and O–H groups in total. The fourth-order valence-electron chi connectivity index (χ4n) is 8.50. The summed E-state index contributed by atoms with van der Waals surface area (Å²) in [5, 5.41) is 4.48. The van der Waals surface area contributed by atoms with Crippen LogP contribution >= 0.6 is 0 Å². The van der Waals surface area contributed by atoms with E-state index in [1.54, 1.807) is 10.9 Å². The van der Waals surface area contributed by atoms with Crippen molar-refractivity contribution in [3.8, 4) is 0 Å². The monoisotopic (exact) mass is 613 g/mol. The number of hydrogen-bond donors (Lipinski definition) is 0. The molecule has 44 heavy (non-hydrogen) atoms. The van der Waals surface area contributed by atoms with Crippen molar-refractivity contribution in [1.82, 2.24) is 24.6 Å². The Labute approximate surface area is 256 Å². The topological polar surface area (TPSA) is 70.0 Å². The predicted molar refractivity (Wildman–Crippen MR) is 161 cm³/mol. The standard InChI is InChI=1S/C32H42F3N7O2/c1-4-28(43)39-12-10-38(11-13-39)26-18-41-24(26)7-5-6-23-25(41)14-27(37-29(23)31(34)35)40-9-8-32(15-21(40)3)30-20(2)17-36-42(30)22(16-33)19-44-32/h4,14,17,21-22,24,26,31H,1,5-13,15-16,18-19H2,2-3H3. The molecule has 238 valence electrons. The highest BCUT2D eigenvalue weighted by atomic mass is 19.3. The third kappa shape index (κ3) is 4.71. The van der Waals surface area contributed by atoms with Crippen LogP contribution in [-0.4, -0.2) is 101 Å². The smallest absolute Gasteiger partial charge is 0.280 e. The highest BCUT2D eigenvalue weighted by Crippen LogP contribution is 2.47. The Morgan fingerprint density at radius 2 is 2.00 bits per heavy atom. The number of carbonyl (C=O) groups excluding carboxylic acids is 1. The van der Waals surface area contributed by atoms with Gasteiger partial charge in [-0.25, -0.2) is 18.2 Å². The maximum absolute atomic E-state index is 14.6. The molecule has 3 fully saturated rings. The van der Waals surface area contributed by atoms with Crippen molar-refractivity contribution in [3.05, 3.63) is 47.4 Å². The Balaban J connectivity index is 1.13. The van der Waals surface area contributed by atoms with Crippen molar-refractivity contribution >= 4 is 17.4 Å². The lowest BCUT2D eigenvalue weighted by molar-refractivity contribution is -0.128. The Morgan fingerprint density at radius 1 is 1.20 bits per heavy atom. The molecule has 0 aliphatic carbocycles. The summed E-state index contributed by atoms with van der Waals surface area (Å²) in [6.07, 6.45) is 4.15. The summed E-state index contributed by atoms with van der Waals surface area (Å²) < 4.78 is 51.2. The average molecular weight is 614 g/mol. The van der Waals surface area contributed by atoms with Gasteiger partial charge in [0.05, 0.1) is 18.5 Å². The minimum absolute atomic E-state index is 0.0273. The van der Waals surface area contributed by atoms with Crippen molar-refractivity contribution < 1.29 is 22.7 Å². The summed E-state index contributed by atoms with van der Waals surface area (Å²) in [4.78, 5) is 25.5. The van der Waals surface area contributed by atoms with Gasteiger partial charge in [0, 0.05) is 81.1 Å². The van der Waals surface area contributed by atoms with Crippen LogP contribution in [0.5, 0.6) is 0 Å². The Hall–Kier alpha value is -3.12. The van der Waals surface area contributed by atoms with E-state index in [1.807, 2.05) is 17.9 Å². The van der Waals surface area contributed by atoms with E-state index in [0.29, 0.717) is 56.3 Å². The van der Waals surface area contributed by atoms with Gasteiger partial charge in [0.15, 0.2) is 0 Å². The summed E-state index contributed by atoms with van der Waals surface area (Å²) in [5.41, 5.74) is 2.81. The Bertz CT molecular complexity index is 1430. The van der Waals surface area contributed by atoms with Crippen LogP contribution in [0.2, 0.25) is 0 Å². The number of halogens is 3. The number of aryl methyl sites for hydroxylation is 1. The lowest BCUT2D eigenvalue weighted by Gasteiger charge is -2.55. The first-order chi connectivity index (χ1) is 21.2. The molecule has 9 nitrogen and oxygen atoms in total. The molecule has 5 aliphatic heterocycles. The summed E-state index contributed by atoms with van der Waals surface area (Å²) in [5.74, 6) is 0.560. The number of rotatable bonds is 5. The fraction of sp³-hybridized carbons (Fsp3) is 0.656. The first-order valence-corrected chi connectivity index (χ1v) is 16.0. The van der Waals surface area contributed by atoms with Crippen LogP contribution in [0, 0.1) is 6.92 Å². The third-order valence-corrected chi connectivity index (χ3v) is 10.8. The number of anilines is 2. The van der Waals surface area contributed by atoms with Crippen LogP contribution in [0.25, 0.3) is 0 Å². The minimum Gasteiger partial charge on any atom is -0.366 e. The first-order valence-electron chi connectivity index (χ1n) is 16.0. The molecule has 5 atom stereocenters. The van der Waals surface area contributed by atoms with Crippen LogP contribution in [0.3, 0.4) is 0 Å². The van der Waals surface area contributed by atoms with Crippen LogP contribution in [0.4, 0.5) is 24.7 Å². The van der Waals surface area contributed by atoms with E-state index >= 15 is 0 Å². The van der Waals surface area contributed by atoms with E-state index < -0.39 is 24.7 Å². The van der Waals surface area contributed by atoms with Gasteiger partial charge in [0.1, 0.15) is 29.8 Å². The van der Waals surface area contributed by atoms with E-state index in [9.17, 15) is 18.0 Å². The average Bonchev–Trinajstić information content (AvgIpc) is 3.35. The number of piperazine rings is 1. The number of pyridine rings is 1. The van der Waals surface area contributed by atoms with E-state index in [1.165, 1.54) is 6.08 Å². The highest BCUT2D eigenvalue weighted by Gasteiger charge is 2.49. The molecule has 12 heteroatoms. The molecule has 0 radical (unpaired) electrons. The van der Waals surface area contributed by atoms with Gasteiger partial charge in [0.2, 0.25) is 5.91 Å². The quantitative estimate of drug-likeness (QED) is 0.469. The number of carbonyl (C=O) groups is 1. The molecule has 7 heterocycles. The molecule has 2 aromatic heterocycles. The molecular formula is C32H42F3N7O2. The van der Waals surface area contributed by atoms with Crippen molar-refractivity contribution in [2.45, 2.75) is 82.1 Å². The SMILES string of the molecule is C=CC(=O)N1CCN(C2CN3c4cc(N5CCC6(CC5C)OCC(CF)n5ncc(C)c56)nc(C(F)F)c4CCCC23)CC1.